The fourth-order valence-corrected chi connectivity index (χ4v) is 5.81. The third-order valence-electron chi connectivity index (χ3n) is 6.45. The number of halogens is 3. The number of anilines is 3. The van der Waals surface area contributed by atoms with E-state index in [0.29, 0.717) is 16.4 Å². The molecule has 0 unspecified atom stereocenters. The lowest BCUT2D eigenvalue weighted by Crippen LogP contribution is -2.41. The molecule has 4 aromatic rings. The van der Waals surface area contributed by atoms with Crippen molar-refractivity contribution in [1.29, 1.82) is 0 Å². The first-order valence-corrected chi connectivity index (χ1v) is 15.0. The number of aromatic nitrogens is 3. The first-order valence-electron chi connectivity index (χ1n) is 11.7. The van der Waals surface area contributed by atoms with E-state index >= 15 is 0 Å². The number of hydrogen-bond donors (Lipinski definition) is 2. The fourth-order valence-electron chi connectivity index (χ4n) is 4.50. The van der Waals surface area contributed by atoms with Crippen molar-refractivity contribution in [3.05, 3.63) is 87.6 Å². The van der Waals surface area contributed by atoms with Gasteiger partial charge < -0.3 is 5.32 Å². The molecule has 2 aromatic heterocycles. The zero-order valence-electron chi connectivity index (χ0n) is 20.9. The molecule has 10 nitrogen and oxygen atoms in total. The van der Waals surface area contributed by atoms with E-state index in [2.05, 4.69) is 10.0 Å². The average Bonchev–Trinajstić information content (AvgIpc) is 3.67. The normalized spacial score (nSPS) is 13.6. The lowest BCUT2D eigenvalue weighted by atomic mass is 10.1. The summed E-state index contributed by atoms with van der Waals surface area (Å²) in [5.74, 6) is -0.560. The Morgan fingerprint density at radius 3 is 2.31 bits per heavy atom. The van der Waals surface area contributed by atoms with Crippen LogP contribution in [0.3, 0.4) is 0 Å². The Labute approximate surface area is 240 Å². The van der Waals surface area contributed by atoms with Crippen LogP contribution >= 0.6 is 34.2 Å². The van der Waals surface area contributed by atoms with Gasteiger partial charge in [-0.05, 0) is 78.8 Å². The Balaban J connectivity index is 1.88. The maximum Gasteiger partial charge on any atom is 0.336 e. The van der Waals surface area contributed by atoms with Crippen molar-refractivity contribution >= 4 is 72.3 Å². The van der Waals surface area contributed by atoms with Gasteiger partial charge in [0, 0.05) is 22.2 Å². The first kappa shape index (κ1) is 27.4. The minimum Gasteiger partial charge on any atom is -0.338 e. The van der Waals surface area contributed by atoms with E-state index in [0.717, 1.165) is 10.8 Å². The molecule has 0 spiro atoms. The monoisotopic (exact) mass is 685 g/mol. The summed E-state index contributed by atoms with van der Waals surface area (Å²) in [5, 5.41) is 2.93. The van der Waals surface area contributed by atoms with Crippen molar-refractivity contribution in [2.75, 3.05) is 16.3 Å². The Morgan fingerprint density at radius 2 is 1.72 bits per heavy atom. The van der Waals surface area contributed by atoms with Crippen LogP contribution in [0.5, 0.6) is 0 Å². The molecule has 1 aliphatic rings. The van der Waals surface area contributed by atoms with Gasteiger partial charge in [-0.3, -0.25) is 28.0 Å². The van der Waals surface area contributed by atoms with Crippen LogP contribution in [-0.2, 0) is 17.1 Å². The van der Waals surface area contributed by atoms with Crippen molar-refractivity contribution in [1.82, 2.24) is 13.7 Å². The van der Waals surface area contributed by atoms with Crippen molar-refractivity contribution in [2.45, 2.75) is 25.8 Å². The number of aryl methyl sites for hydroxylation is 1. The number of rotatable bonds is 6. The van der Waals surface area contributed by atoms with Crippen molar-refractivity contribution in [2.24, 2.45) is 7.05 Å². The van der Waals surface area contributed by atoms with Crippen LogP contribution in [0, 0.1) is 16.3 Å². The summed E-state index contributed by atoms with van der Waals surface area (Å²) in [6.45, 7) is 1.50. The molecule has 39 heavy (non-hydrogen) atoms. The largest absolute Gasteiger partial charge is 0.338 e. The number of sulfonamides is 1. The zero-order chi connectivity index (χ0) is 28.4. The van der Waals surface area contributed by atoms with Gasteiger partial charge in [-0.1, -0.05) is 11.6 Å². The van der Waals surface area contributed by atoms with Crippen LogP contribution in [0.2, 0.25) is 5.02 Å². The van der Waals surface area contributed by atoms with Crippen molar-refractivity contribution in [3.8, 4) is 5.69 Å². The number of pyridine rings is 1. The molecule has 0 saturated heterocycles. The van der Waals surface area contributed by atoms with Crippen LogP contribution in [0.25, 0.3) is 16.6 Å². The Bertz CT molecular complexity index is 1980. The third kappa shape index (κ3) is 4.98. The second kappa shape index (κ2) is 9.78. The topological polar surface area (TPSA) is 124 Å². The number of fused-ring (bicyclic) bond motifs is 1. The zero-order valence-corrected chi connectivity index (χ0v) is 24.6. The van der Waals surface area contributed by atoms with Crippen LogP contribution in [-0.4, -0.2) is 28.4 Å². The minimum atomic E-state index is -3.63. The van der Waals surface area contributed by atoms with E-state index in [1.165, 1.54) is 53.4 Å². The third-order valence-corrected chi connectivity index (χ3v) is 8.02. The van der Waals surface area contributed by atoms with Gasteiger partial charge in [0.2, 0.25) is 10.0 Å². The Morgan fingerprint density at radius 1 is 1.05 bits per heavy atom. The summed E-state index contributed by atoms with van der Waals surface area (Å²) in [5.41, 5.74) is -1.27. The molecular weight excluding hydrogens is 664 g/mol. The van der Waals surface area contributed by atoms with Gasteiger partial charge in [-0.25, -0.2) is 17.6 Å². The van der Waals surface area contributed by atoms with Gasteiger partial charge in [-0.15, -0.1) is 0 Å². The molecule has 2 N–H and O–H groups in total. The van der Waals surface area contributed by atoms with Gasteiger partial charge in [-0.2, -0.15) is 0 Å². The predicted octanol–water partition coefficient (Wildman–Crippen LogP) is 4.01. The van der Waals surface area contributed by atoms with E-state index < -0.39 is 32.6 Å². The summed E-state index contributed by atoms with van der Waals surface area (Å²) >= 11 is 8.34. The Kier molecular flexibility index (Phi) is 6.87. The molecule has 204 valence electrons. The molecule has 1 aliphatic carbocycles. The highest BCUT2D eigenvalue weighted by Crippen LogP contribution is 2.35. The molecule has 2 heterocycles. The summed E-state index contributed by atoms with van der Waals surface area (Å²) in [4.78, 5) is 41.0. The van der Waals surface area contributed by atoms with Crippen LogP contribution < -0.4 is 26.8 Å². The van der Waals surface area contributed by atoms with Crippen LogP contribution in [0.4, 0.5) is 21.6 Å². The number of nitrogens with one attached hydrogen (secondary N) is 2. The summed E-state index contributed by atoms with van der Waals surface area (Å²) in [6, 6.07) is 8.38. The van der Waals surface area contributed by atoms with Crippen LogP contribution in [0.15, 0.2) is 50.8 Å². The number of hydrogen-bond acceptors (Lipinski definition) is 6. The average molecular weight is 686 g/mol. The van der Waals surface area contributed by atoms with E-state index in [1.807, 2.05) is 22.6 Å². The van der Waals surface area contributed by atoms with Gasteiger partial charge in [0.1, 0.15) is 17.0 Å². The maximum absolute atomic E-state index is 14.8. The smallest absolute Gasteiger partial charge is 0.336 e. The van der Waals surface area contributed by atoms with E-state index in [1.54, 1.807) is 6.07 Å². The molecule has 2 aromatic carbocycles. The lowest BCUT2D eigenvalue weighted by molar-refractivity contribution is 0.607. The number of benzene rings is 2. The standard InChI is InChI=1S/C25H22ClFIN5O5S/c1-12-21-20(22(31(2)23(12)34)29-19-8-4-13(28)10-17(19)27)24(35)33(14-5-6-14)25(36)32(21)15-7-9-18(16(26)11-15)30-39(3,37)38/h4,7-11,14,29-30H,5-6H2,1-3H3. The van der Waals surface area contributed by atoms with E-state index in [9.17, 15) is 27.2 Å². The predicted molar refractivity (Wildman–Crippen MR) is 158 cm³/mol. The molecular formula is C25H22ClFIN5O5S. The van der Waals surface area contributed by atoms with Crippen molar-refractivity contribution < 1.29 is 12.8 Å². The van der Waals surface area contributed by atoms with Crippen LogP contribution in [0.1, 0.15) is 24.4 Å². The quantitative estimate of drug-likeness (QED) is 0.296. The minimum absolute atomic E-state index is 0.00272. The van der Waals surface area contributed by atoms with E-state index in [4.69, 9.17) is 11.6 Å². The maximum atomic E-state index is 14.8. The molecule has 14 heteroatoms. The molecule has 0 radical (unpaired) electrons. The molecule has 1 fully saturated rings. The van der Waals surface area contributed by atoms with E-state index in [-0.39, 0.29) is 50.4 Å². The summed E-state index contributed by atoms with van der Waals surface area (Å²) in [7, 11) is -2.17. The molecule has 1 saturated carbocycles. The molecule has 5 rings (SSSR count). The Hall–Kier alpha value is -3.17. The summed E-state index contributed by atoms with van der Waals surface area (Å²) in [6.07, 6.45) is 2.22. The van der Waals surface area contributed by atoms with Crippen molar-refractivity contribution in [3.63, 3.8) is 0 Å². The molecule has 0 atom stereocenters. The molecule has 0 amide bonds. The molecule has 0 bridgehead atoms. The second-order valence-electron chi connectivity index (χ2n) is 9.37. The highest BCUT2D eigenvalue weighted by atomic mass is 127. The number of nitrogens with zero attached hydrogens (tertiary/aromatic N) is 3. The highest BCUT2D eigenvalue weighted by Gasteiger charge is 2.31. The van der Waals surface area contributed by atoms with Gasteiger partial charge in [0.05, 0.1) is 33.9 Å². The summed E-state index contributed by atoms with van der Waals surface area (Å²) < 4.78 is 44.8. The van der Waals surface area contributed by atoms with Gasteiger partial charge in [0.25, 0.3) is 11.1 Å². The van der Waals surface area contributed by atoms with Gasteiger partial charge >= 0.3 is 5.69 Å². The molecule has 0 aliphatic heterocycles. The first-order chi connectivity index (χ1) is 18.3. The van der Waals surface area contributed by atoms with Gasteiger partial charge in [0.15, 0.2) is 0 Å². The second-order valence-corrected chi connectivity index (χ2v) is 12.8. The SMILES string of the molecule is Cc1c(=O)n(C)c(Nc2ccc(I)cc2F)c2c(=O)n(C3CC3)c(=O)n(-c3ccc(NS(C)(=O)=O)c(Cl)c3)c12. The lowest BCUT2D eigenvalue weighted by Gasteiger charge is -2.21. The fraction of sp³-hybridized carbons (Fsp3) is 0.240. The highest BCUT2D eigenvalue weighted by molar-refractivity contribution is 14.1.